The fourth-order valence-electron chi connectivity index (χ4n) is 1.47. The Kier molecular flexibility index (Phi) is 1.77. The fourth-order valence-corrected chi connectivity index (χ4v) is 1.47. The van der Waals surface area contributed by atoms with Crippen LogP contribution in [0.2, 0.25) is 0 Å². The number of hydrogen-bond acceptors (Lipinski definition) is 2. The predicted octanol–water partition coefficient (Wildman–Crippen LogP) is 1.21. The van der Waals surface area contributed by atoms with E-state index in [1.807, 2.05) is 24.3 Å². The highest BCUT2D eigenvalue weighted by Crippen LogP contribution is 2.23. The Morgan fingerprint density at radius 1 is 1.46 bits per heavy atom. The van der Waals surface area contributed by atoms with Crippen molar-refractivity contribution in [3.05, 3.63) is 35.5 Å². The minimum absolute atomic E-state index is 0.611. The Bertz CT molecular complexity index is 371. The van der Waals surface area contributed by atoms with Gasteiger partial charge in [0.25, 0.3) is 0 Å². The van der Waals surface area contributed by atoms with Gasteiger partial charge in [-0.25, -0.2) is 0 Å². The molecule has 2 N–H and O–H groups in total. The van der Waals surface area contributed by atoms with Gasteiger partial charge in [0.1, 0.15) is 0 Å². The molecule has 1 heterocycles. The number of hydrogen-bond donors (Lipinski definition) is 1. The zero-order valence-corrected chi connectivity index (χ0v) is 7.10. The summed E-state index contributed by atoms with van der Waals surface area (Å²) in [6.07, 6.45) is 4.41. The summed E-state index contributed by atoms with van der Waals surface area (Å²) in [5, 5.41) is 0. The largest absolute Gasteiger partial charge is 0.398 e. The topological polar surface area (TPSA) is 46.3 Å². The normalized spacial score (nSPS) is 14.0. The van der Waals surface area contributed by atoms with E-state index >= 15 is 0 Å². The van der Waals surface area contributed by atoms with Gasteiger partial charge in [-0.05, 0) is 17.7 Å². The highest BCUT2D eigenvalue weighted by molar-refractivity contribution is 5.70. The van der Waals surface area contributed by atoms with Crippen molar-refractivity contribution in [3.63, 3.8) is 0 Å². The number of nitrogens with two attached hydrogens (primary N) is 1. The summed E-state index contributed by atoms with van der Waals surface area (Å²) in [7, 11) is 0. The maximum absolute atomic E-state index is 10.5. The molecule has 1 aromatic carbocycles. The zero-order valence-electron chi connectivity index (χ0n) is 7.10. The summed E-state index contributed by atoms with van der Waals surface area (Å²) in [5.41, 5.74) is 8.65. The molecule has 0 aliphatic carbocycles. The fraction of sp³-hybridized carbons (Fsp3) is 0.100. The Morgan fingerprint density at radius 2 is 2.31 bits per heavy atom. The van der Waals surface area contributed by atoms with Crippen LogP contribution in [0.4, 0.5) is 5.69 Å². The van der Waals surface area contributed by atoms with E-state index < -0.39 is 0 Å². The first kappa shape index (κ1) is 7.86. The van der Waals surface area contributed by atoms with Crippen LogP contribution in [-0.2, 0) is 11.3 Å². The van der Waals surface area contributed by atoms with Crippen molar-refractivity contribution in [2.75, 3.05) is 5.73 Å². The molecule has 0 atom stereocenters. The Hall–Kier alpha value is -1.77. The SMILES string of the molecule is Nc1cccc2c1C=CN(C=O)C2. The molecule has 66 valence electrons. The van der Waals surface area contributed by atoms with Crippen molar-refractivity contribution in [1.29, 1.82) is 0 Å². The maximum atomic E-state index is 10.5. The minimum atomic E-state index is 0.611. The molecule has 1 aromatic rings. The molecule has 0 fully saturated rings. The van der Waals surface area contributed by atoms with E-state index in [2.05, 4.69) is 0 Å². The first-order valence-electron chi connectivity index (χ1n) is 4.08. The molecule has 0 unspecified atom stereocenters. The summed E-state index contributed by atoms with van der Waals surface area (Å²) >= 11 is 0. The van der Waals surface area contributed by atoms with Crippen molar-refractivity contribution in [3.8, 4) is 0 Å². The van der Waals surface area contributed by atoms with Crippen LogP contribution >= 0.6 is 0 Å². The summed E-state index contributed by atoms with van der Waals surface area (Å²) in [5.74, 6) is 0. The molecule has 0 saturated heterocycles. The molecular weight excluding hydrogens is 164 g/mol. The molecule has 0 saturated carbocycles. The molecule has 1 aliphatic rings. The van der Waals surface area contributed by atoms with Gasteiger partial charge in [-0.2, -0.15) is 0 Å². The average molecular weight is 174 g/mol. The smallest absolute Gasteiger partial charge is 0.213 e. The van der Waals surface area contributed by atoms with Gasteiger partial charge >= 0.3 is 0 Å². The first-order valence-corrected chi connectivity index (χ1v) is 4.08. The van der Waals surface area contributed by atoms with E-state index in [0.717, 1.165) is 23.2 Å². The quantitative estimate of drug-likeness (QED) is 0.514. The third kappa shape index (κ3) is 1.28. The van der Waals surface area contributed by atoms with E-state index in [-0.39, 0.29) is 0 Å². The van der Waals surface area contributed by atoms with Crippen molar-refractivity contribution >= 4 is 18.2 Å². The summed E-state index contributed by atoms with van der Waals surface area (Å²) in [6.45, 7) is 0.611. The van der Waals surface area contributed by atoms with Crippen LogP contribution in [0, 0.1) is 0 Å². The van der Waals surface area contributed by atoms with Crippen molar-refractivity contribution in [1.82, 2.24) is 4.90 Å². The molecular formula is C10H10N2O. The van der Waals surface area contributed by atoms with Gasteiger partial charge in [-0.15, -0.1) is 0 Å². The standard InChI is InChI=1S/C10H10N2O/c11-10-3-1-2-8-6-12(7-13)5-4-9(8)10/h1-5,7H,6,11H2. The van der Waals surface area contributed by atoms with Gasteiger partial charge < -0.3 is 10.6 Å². The molecule has 3 heteroatoms. The first-order chi connectivity index (χ1) is 6.31. The van der Waals surface area contributed by atoms with Crippen LogP contribution in [0.15, 0.2) is 24.4 Å². The van der Waals surface area contributed by atoms with Crippen LogP contribution in [0.25, 0.3) is 6.08 Å². The van der Waals surface area contributed by atoms with Gasteiger partial charge in [0, 0.05) is 17.5 Å². The third-order valence-electron chi connectivity index (χ3n) is 2.15. The molecule has 3 nitrogen and oxygen atoms in total. The van der Waals surface area contributed by atoms with Crippen molar-refractivity contribution in [2.45, 2.75) is 6.54 Å². The number of fused-ring (bicyclic) bond motifs is 1. The molecule has 1 aliphatic heterocycles. The molecule has 1 amide bonds. The lowest BCUT2D eigenvalue weighted by Crippen LogP contribution is -2.18. The lowest BCUT2D eigenvalue weighted by atomic mass is 10.0. The molecule has 0 aromatic heterocycles. The monoisotopic (exact) mass is 174 g/mol. The number of nitrogens with zero attached hydrogens (tertiary/aromatic N) is 1. The lowest BCUT2D eigenvalue weighted by Gasteiger charge is -2.20. The molecule has 0 bridgehead atoms. The van der Waals surface area contributed by atoms with Crippen LogP contribution < -0.4 is 5.73 Å². The van der Waals surface area contributed by atoms with Crippen molar-refractivity contribution in [2.24, 2.45) is 0 Å². The van der Waals surface area contributed by atoms with E-state index in [4.69, 9.17) is 5.73 Å². The van der Waals surface area contributed by atoms with E-state index in [9.17, 15) is 4.79 Å². The maximum Gasteiger partial charge on any atom is 0.213 e. The van der Waals surface area contributed by atoms with Crippen LogP contribution in [0.5, 0.6) is 0 Å². The second kappa shape index (κ2) is 2.94. The minimum Gasteiger partial charge on any atom is -0.398 e. The highest BCUT2D eigenvalue weighted by atomic mass is 16.1. The highest BCUT2D eigenvalue weighted by Gasteiger charge is 2.10. The number of amides is 1. The zero-order chi connectivity index (χ0) is 9.26. The molecule has 2 rings (SSSR count). The predicted molar refractivity (Wildman–Crippen MR) is 51.5 cm³/mol. The second-order valence-corrected chi connectivity index (χ2v) is 3.01. The van der Waals surface area contributed by atoms with Gasteiger partial charge in [0.15, 0.2) is 0 Å². The molecule has 0 radical (unpaired) electrons. The van der Waals surface area contributed by atoms with E-state index in [1.54, 1.807) is 11.1 Å². The second-order valence-electron chi connectivity index (χ2n) is 3.01. The number of carbonyl (C=O) groups excluding carboxylic acids is 1. The van der Waals surface area contributed by atoms with Crippen LogP contribution in [-0.4, -0.2) is 11.3 Å². The molecule has 0 spiro atoms. The van der Waals surface area contributed by atoms with Crippen LogP contribution in [0.1, 0.15) is 11.1 Å². The number of nitrogen functional groups attached to an aromatic ring is 1. The number of anilines is 1. The summed E-state index contributed by atoms with van der Waals surface area (Å²) < 4.78 is 0. The van der Waals surface area contributed by atoms with E-state index in [0.29, 0.717) is 6.54 Å². The van der Waals surface area contributed by atoms with E-state index in [1.165, 1.54) is 0 Å². The average Bonchev–Trinajstić information content (AvgIpc) is 2.18. The van der Waals surface area contributed by atoms with Gasteiger partial charge in [0.05, 0.1) is 6.54 Å². The molecule has 13 heavy (non-hydrogen) atoms. The van der Waals surface area contributed by atoms with Crippen LogP contribution in [0.3, 0.4) is 0 Å². The van der Waals surface area contributed by atoms with Gasteiger partial charge in [-0.3, -0.25) is 4.79 Å². The Morgan fingerprint density at radius 3 is 3.08 bits per heavy atom. The lowest BCUT2D eigenvalue weighted by molar-refractivity contribution is -0.116. The van der Waals surface area contributed by atoms with Gasteiger partial charge in [-0.1, -0.05) is 12.1 Å². The Balaban J connectivity index is 2.46. The number of benzene rings is 1. The Labute approximate surface area is 76.5 Å². The van der Waals surface area contributed by atoms with Crippen molar-refractivity contribution < 1.29 is 4.79 Å². The number of carbonyl (C=O) groups is 1. The summed E-state index contributed by atoms with van der Waals surface area (Å²) in [4.78, 5) is 12.1. The number of rotatable bonds is 1. The van der Waals surface area contributed by atoms with Gasteiger partial charge in [0.2, 0.25) is 6.41 Å². The third-order valence-corrected chi connectivity index (χ3v) is 2.15. The summed E-state index contributed by atoms with van der Waals surface area (Å²) in [6, 6.07) is 5.74.